The normalized spacial score (nSPS) is 17.8. The maximum absolute atomic E-state index is 10.7. The van der Waals surface area contributed by atoms with Crippen LogP contribution in [-0.4, -0.2) is 19.8 Å². The minimum absolute atomic E-state index is 0.166. The van der Waals surface area contributed by atoms with Crippen molar-refractivity contribution in [3.05, 3.63) is 107 Å². The molecule has 4 aromatic rings. The maximum Gasteiger partial charge on any atom is 0.174 e. The summed E-state index contributed by atoms with van der Waals surface area (Å²) in [7, 11) is 0. The van der Waals surface area contributed by atoms with Gasteiger partial charge in [-0.2, -0.15) is 0 Å². The predicted molar refractivity (Wildman–Crippen MR) is 141 cm³/mol. The first-order chi connectivity index (χ1) is 16.4. The van der Waals surface area contributed by atoms with Gasteiger partial charge in [-0.05, 0) is 86.9 Å². The number of pyridine rings is 1. The van der Waals surface area contributed by atoms with Crippen LogP contribution in [0.1, 0.15) is 45.9 Å². The molecule has 5 rings (SSSR count). The zero-order valence-corrected chi connectivity index (χ0v) is 20.6. The van der Waals surface area contributed by atoms with Gasteiger partial charge in [-0.15, -0.1) is 0 Å². The van der Waals surface area contributed by atoms with Gasteiger partial charge in [0, 0.05) is 17.6 Å². The summed E-state index contributed by atoms with van der Waals surface area (Å²) in [6.07, 6.45) is 1.81. The molecular weight excluding hydrogens is 440 g/mol. The summed E-state index contributed by atoms with van der Waals surface area (Å²) >= 11 is 5.82. The van der Waals surface area contributed by atoms with Gasteiger partial charge < -0.3 is 19.9 Å². The summed E-state index contributed by atoms with van der Waals surface area (Å²) in [6, 6.07) is 21.6. The maximum atomic E-state index is 10.7. The van der Waals surface area contributed by atoms with E-state index in [0.717, 1.165) is 22.6 Å². The van der Waals surface area contributed by atoms with Crippen molar-refractivity contribution < 1.29 is 5.11 Å². The Bertz CT molecular complexity index is 1360. The number of nitrogens with zero attached hydrogens (tertiary/aromatic N) is 3. The van der Waals surface area contributed by atoms with E-state index in [4.69, 9.17) is 12.2 Å². The van der Waals surface area contributed by atoms with Crippen molar-refractivity contribution >= 4 is 23.0 Å². The second-order valence-electron chi connectivity index (χ2n) is 8.89. The number of hydrogen-bond donors (Lipinski definition) is 2. The number of benzene rings is 2. The van der Waals surface area contributed by atoms with Crippen LogP contribution >= 0.6 is 12.2 Å². The van der Waals surface area contributed by atoms with Gasteiger partial charge in [0.05, 0.1) is 29.2 Å². The second-order valence-corrected chi connectivity index (χ2v) is 9.27. The molecule has 6 heteroatoms. The average Bonchev–Trinajstić information content (AvgIpc) is 3.31. The summed E-state index contributed by atoms with van der Waals surface area (Å²) in [5.74, 6) is 0.196. The minimum Gasteiger partial charge on any atom is -0.506 e. The molecule has 34 heavy (non-hydrogen) atoms. The van der Waals surface area contributed by atoms with Crippen LogP contribution < -0.4 is 10.2 Å². The fourth-order valence-electron chi connectivity index (χ4n) is 5.19. The van der Waals surface area contributed by atoms with Crippen LogP contribution in [0.5, 0.6) is 5.75 Å². The lowest BCUT2D eigenvalue weighted by molar-refractivity contribution is 0.472. The Labute approximate surface area is 205 Å². The highest BCUT2D eigenvalue weighted by Gasteiger charge is 2.43. The van der Waals surface area contributed by atoms with Crippen LogP contribution in [0.2, 0.25) is 0 Å². The minimum atomic E-state index is -0.181. The molecule has 0 spiro atoms. The summed E-state index contributed by atoms with van der Waals surface area (Å²) in [5.41, 5.74) is 8.70. The molecule has 5 nitrogen and oxygen atoms in total. The molecule has 0 saturated carbocycles. The molecule has 2 N–H and O–H groups in total. The standard InChI is InChI=1S/C28H28N4OS/c1-17-10-9-11-18(2)26(17)31-19(3)16-21(20(31)4)27-25(22-12-7-8-15-29-22)30-28(34)32(27)23-13-5-6-14-24(23)33/h5-16,25,27,33H,1-4H3,(H,30,34)/t25-,27+/m1/s1. The summed E-state index contributed by atoms with van der Waals surface area (Å²) < 4.78 is 2.33. The molecule has 1 fully saturated rings. The van der Waals surface area contributed by atoms with E-state index < -0.39 is 0 Å². The van der Waals surface area contributed by atoms with Gasteiger partial charge in [-0.3, -0.25) is 4.98 Å². The van der Waals surface area contributed by atoms with Crippen molar-refractivity contribution in [2.24, 2.45) is 0 Å². The van der Waals surface area contributed by atoms with Crippen LogP contribution in [0.3, 0.4) is 0 Å². The number of rotatable bonds is 4. The fourth-order valence-corrected chi connectivity index (χ4v) is 5.53. The highest BCUT2D eigenvalue weighted by molar-refractivity contribution is 7.80. The summed E-state index contributed by atoms with van der Waals surface area (Å²) in [4.78, 5) is 6.68. The van der Waals surface area contributed by atoms with Gasteiger partial charge in [-0.1, -0.05) is 36.4 Å². The van der Waals surface area contributed by atoms with E-state index in [1.807, 2.05) is 41.3 Å². The van der Waals surface area contributed by atoms with Crippen molar-refractivity contribution in [2.75, 3.05) is 4.90 Å². The van der Waals surface area contributed by atoms with Gasteiger partial charge >= 0.3 is 0 Å². The zero-order chi connectivity index (χ0) is 24.0. The first-order valence-electron chi connectivity index (χ1n) is 11.4. The first kappa shape index (κ1) is 22.2. The lowest BCUT2D eigenvalue weighted by Crippen LogP contribution is -2.29. The topological polar surface area (TPSA) is 53.3 Å². The molecule has 1 aliphatic rings. The lowest BCUT2D eigenvalue weighted by atomic mass is 9.96. The Hall–Kier alpha value is -3.64. The Morgan fingerprint density at radius 3 is 2.29 bits per heavy atom. The van der Waals surface area contributed by atoms with Crippen LogP contribution in [0.4, 0.5) is 5.69 Å². The van der Waals surface area contributed by atoms with Crippen molar-refractivity contribution in [1.29, 1.82) is 0 Å². The highest BCUT2D eigenvalue weighted by Crippen LogP contribution is 2.46. The smallest absolute Gasteiger partial charge is 0.174 e. The third kappa shape index (κ3) is 3.55. The number of para-hydroxylation sites is 3. The number of hydrogen-bond acceptors (Lipinski definition) is 3. The first-order valence-corrected chi connectivity index (χ1v) is 11.8. The number of aryl methyl sites for hydroxylation is 3. The van der Waals surface area contributed by atoms with Gasteiger partial charge in [0.25, 0.3) is 0 Å². The fraction of sp³-hybridized carbons (Fsp3) is 0.214. The number of thiocarbonyl (C=S) groups is 1. The number of aromatic nitrogens is 2. The molecule has 2 atom stereocenters. The van der Waals surface area contributed by atoms with Gasteiger partial charge in [0.1, 0.15) is 5.75 Å². The van der Waals surface area contributed by atoms with Crippen molar-refractivity contribution in [3.63, 3.8) is 0 Å². The summed E-state index contributed by atoms with van der Waals surface area (Å²) in [6.45, 7) is 8.60. The molecular formula is C28H28N4OS. The lowest BCUT2D eigenvalue weighted by Gasteiger charge is -2.28. The molecule has 2 aromatic carbocycles. The number of nitrogens with one attached hydrogen (secondary N) is 1. The Morgan fingerprint density at radius 1 is 0.912 bits per heavy atom. The van der Waals surface area contributed by atoms with Gasteiger partial charge in [-0.25, -0.2) is 0 Å². The largest absolute Gasteiger partial charge is 0.506 e. The molecule has 1 aliphatic heterocycles. The third-order valence-electron chi connectivity index (χ3n) is 6.69. The highest BCUT2D eigenvalue weighted by atomic mass is 32.1. The van der Waals surface area contributed by atoms with E-state index in [1.54, 1.807) is 12.3 Å². The third-order valence-corrected chi connectivity index (χ3v) is 7.01. The van der Waals surface area contributed by atoms with Crippen molar-refractivity contribution in [3.8, 4) is 11.4 Å². The average molecular weight is 469 g/mol. The predicted octanol–water partition coefficient (Wildman–Crippen LogP) is 5.99. The van der Waals surface area contributed by atoms with Crippen LogP contribution in [0.25, 0.3) is 5.69 Å². The quantitative estimate of drug-likeness (QED) is 0.361. The molecule has 172 valence electrons. The SMILES string of the molecule is Cc1cccc(C)c1-n1c(C)cc([C@H]2[C@@H](c3ccccn3)NC(=S)N2c2ccccc2O)c1C. The zero-order valence-electron chi connectivity index (χ0n) is 19.8. The van der Waals surface area contributed by atoms with E-state index in [2.05, 4.69) is 66.8 Å². The van der Waals surface area contributed by atoms with E-state index in [9.17, 15) is 5.11 Å². The van der Waals surface area contributed by atoms with Crippen molar-refractivity contribution in [1.82, 2.24) is 14.9 Å². The Morgan fingerprint density at radius 2 is 1.62 bits per heavy atom. The molecule has 0 bridgehead atoms. The summed E-state index contributed by atoms with van der Waals surface area (Å²) in [5, 5.41) is 14.8. The van der Waals surface area contributed by atoms with E-state index in [-0.39, 0.29) is 17.8 Å². The monoisotopic (exact) mass is 468 g/mol. The number of phenols is 1. The van der Waals surface area contributed by atoms with Crippen molar-refractivity contribution in [2.45, 2.75) is 39.8 Å². The van der Waals surface area contributed by atoms with Crippen LogP contribution in [-0.2, 0) is 0 Å². The Kier molecular flexibility index (Phi) is 5.62. The molecule has 1 saturated heterocycles. The number of anilines is 1. The molecule has 0 aliphatic carbocycles. The van der Waals surface area contributed by atoms with E-state index >= 15 is 0 Å². The molecule has 0 amide bonds. The van der Waals surface area contributed by atoms with Crippen LogP contribution in [0, 0.1) is 27.7 Å². The number of phenolic OH excluding ortho intramolecular Hbond substituents is 1. The van der Waals surface area contributed by atoms with Gasteiger partial charge in [0.2, 0.25) is 0 Å². The van der Waals surface area contributed by atoms with Gasteiger partial charge in [0.15, 0.2) is 5.11 Å². The molecule has 2 aromatic heterocycles. The molecule has 0 radical (unpaired) electrons. The number of aromatic hydroxyl groups is 1. The van der Waals surface area contributed by atoms with E-state index in [0.29, 0.717) is 10.8 Å². The van der Waals surface area contributed by atoms with E-state index in [1.165, 1.54) is 16.8 Å². The Balaban J connectivity index is 1.73. The molecule has 3 heterocycles. The second kappa shape index (κ2) is 8.61. The van der Waals surface area contributed by atoms with Crippen LogP contribution in [0.15, 0.2) is 72.9 Å². The molecule has 0 unspecified atom stereocenters.